The number of pyridine rings is 1. The number of aliphatic hydroxyl groups excluding tert-OH is 3. The number of nitrogens with zero attached hydrogens (tertiary/aromatic N) is 1. The molecule has 0 saturated heterocycles. The Kier molecular flexibility index (Phi) is 14.8. The lowest BCUT2D eigenvalue weighted by atomic mass is 10.00. The maximum Gasteiger partial charge on any atom is 0.407 e. The lowest BCUT2D eigenvalue weighted by molar-refractivity contribution is 0.0399. The normalized spacial score (nSPS) is 14.9. The van der Waals surface area contributed by atoms with Crippen LogP contribution in [0.1, 0.15) is 64.5 Å². The number of aromatic nitrogens is 1. The summed E-state index contributed by atoms with van der Waals surface area (Å²) in [4.78, 5) is 29.4. The molecule has 0 fully saturated rings. The highest BCUT2D eigenvalue weighted by atomic mass is 16.6. The van der Waals surface area contributed by atoms with Gasteiger partial charge in [0.15, 0.2) is 0 Å². The standard InChI is InChI=1S/C37H52N4O8/c1-36(2,3)48-34(45)40-29(20-25-12-8-7-9-13-25)31(42)22-38-23-32(43)30(41-35(46)49-37(4,5)6)21-26-15-17-27(18-16-26)47-24-33(44)28-14-10-11-19-39-28/h7-19,29-33,38,42-44H,20-24H2,1-6H3,(H,40,45)(H,41,46)/t29-,30-,31+,32+,33?/m0/s1. The molecule has 12 nitrogen and oxygen atoms in total. The van der Waals surface area contributed by atoms with Crippen molar-refractivity contribution in [1.29, 1.82) is 0 Å². The average molecular weight is 681 g/mol. The minimum Gasteiger partial charge on any atom is -0.490 e. The van der Waals surface area contributed by atoms with Crippen LogP contribution >= 0.6 is 0 Å². The number of ether oxygens (including phenoxy) is 3. The van der Waals surface area contributed by atoms with E-state index in [0.717, 1.165) is 11.1 Å². The molecule has 2 amide bonds. The van der Waals surface area contributed by atoms with E-state index in [2.05, 4.69) is 20.9 Å². The Morgan fingerprint density at radius 2 is 1.18 bits per heavy atom. The topological polar surface area (TPSA) is 172 Å². The second kappa shape index (κ2) is 18.5. The minimum atomic E-state index is -1.07. The largest absolute Gasteiger partial charge is 0.490 e. The van der Waals surface area contributed by atoms with Crippen LogP contribution in [0.4, 0.5) is 9.59 Å². The van der Waals surface area contributed by atoms with Crippen LogP contribution < -0.4 is 20.7 Å². The number of hydrogen-bond donors (Lipinski definition) is 6. The first kappa shape index (κ1) is 39.2. The lowest BCUT2D eigenvalue weighted by Gasteiger charge is -2.29. The fraction of sp³-hybridized carbons (Fsp3) is 0.486. The van der Waals surface area contributed by atoms with Gasteiger partial charge in [-0.1, -0.05) is 48.5 Å². The monoisotopic (exact) mass is 680 g/mol. The van der Waals surface area contributed by atoms with Gasteiger partial charge in [-0.25, -0.2) is 9.59 Å². The molecule has 49 heavy (non-hydrogen) atoms. The summed E-state index contributed by atoms with van der Waals surface area (Å²) < 4.78 is 16.6. The van der Waals surface area contributed by atoms with Gasteiger partial charge in [0.05, 0.1) is 30.0 Å². The van der Waals surface area contributed by atoms with Gasteiger partial charge in [-0.2, -0.15) is 0 Å². The van der Waals surface area contributed by atoms with Crippen LogP contribution in [0.15, 0.2) is 79.0 Å². The van der Waals surface area contributed by atoms with Crippen LogP contribution in [-0.4, -0.2) is 87.7 Å². The van der Waals surface area contributed by atoms with Gasteiger partial charge >= 0.3 is 12.2 Å². The molecule has 12 heteroatoms. The summed E-state index contributed by atoms with van der Waals surface area (Å²) in [5.41, 5.74) is 0.791. The van der Waals surface area contributed by atoms with Gasteiger partial charge in [-0.05, 0) is 89.8 Å². The predicted octanol–water partition coefficient (Wildman–Crippen LogP) is 4.08. The molecule has 1 heterocycles. The molecule has 0 bridgehead atoms. The van der Waals surface area contributed by atoms with Crippen molar-refractivity contribution in [2.45, 2.75) is 96.0 Å². The summed E-state index contributed by atoms with van der Waals surface area (Å²) >= 11 is 0. The molecule has 0 radical (unpaired) electrons. The lowest BCUT2D eigenvalue weighted by Crippen LogP contribution is -2.53. The molecular formula is C37H52N4O8. The molecule has 1 aromatic heterocycles. The summed E-state index contributed by atoms with van der Waals surface area (Å²) in [6.07, 6.45) is -2.08. The molecule has 3 aromatic rings. The first-order valence-electron chi connectivity index (χ1n) is 16.5. The number of carbonyl (C=O) groups is 2. The Labute approximate surface area is 289 Å². The highest BCUT2D eigenvalue weighted by Crippen LogP contribution is 2.18. The van der Waals surface area contributed by atoms with Crippen molar-refractivity contribution in [3.63, 3.8) is 0 Å². The van der Waals surface area contributed by atoms with E-state index in [-0.39, 0.29) is 26.1 Å². The van der Waals surface area contributed by atoms with Crippen molar-refractivity contribution in [2.75, 3.05) is 19.7 Å². The maximum absolute atomic E-state index is 12.7. The molecule has 0 saturated carbocycles. The van der Waals surface area contributed by atoms with Gasteiger partial charge in [-0.15, -0.1) is 0 Å². The molecule has 0 spiro atoms. The van der Waals surface area contributed by atoms with Crippen molar-refractivity contribution in [3.8, 4) is 5.75 Å². The van der Waals surface area contributed by atoms with Crippen molar-refractivity contribution >= 4 is 12.2 Å². The zero-order chi connectivity index (χ0) is 36.0. The molecule has 1 unspecified atom stereocenters. The molecule has 5 atom stereocenters. The zero-order valence-electron chi connectivity index (χ0n) is 29.3. The molecule has 268 valence electrons. The summed E-state index contributed by atoms with van der Waals surface area (Å²) in [5, 5.41) is 41.3. The fourth-order valence-corrected chi connectivity index (χ4v) is 4.83. The third-order valence-electron chi connectivity index (χ3n) is 7.15. The van der Waals surface area contributed by atoms with E-state index >= 15 is 0 Å². The first-order valence-corrected chi connectivity index (χ1v) is 16.5. The third-order valence-corrected chi connectivity index (χ3v) is 7.15. The van der Waals surface area contributed by atoms with Crippen LogP contribution in [0.3, 0.4) is 0 Å². The molecule has 0 aliphatic rings. The Bertz CT molecular complexity index is 1410. The fourth-order valence-electron chi connectivity index (χ4n) is 4.83. The van der Waals surface area contributed by atoms with E-state index in [4.69, 9.17) is 14.2 Å². The third kappa shape index (κ3) is 15.2. The van der Waals surface area contributed by atoms with Crippen molar-refractivity contribution in [2.24, 2.45) is 0 Å². The molecule has 6 N–H and O–H groups in total. The summed E-state index contributed by atoms with van der Waals surface area (Å²) in [6.45, 7) is 10.6. The van der Waals surface area contributed by atoms with E-state index in [0.29, 0.717) is 17.9 Å². The molecular weight excluding hydrogens is 628 g/mol. The van der Waals surface area contributed by atoms with Gasteiger partial charge in [0.1, 0.15) is 29.7 Å². The number of aliphatic hydroxyl groups is 3. The number of rotatable bonds is 16. The van der Waals surface area contributed by atoms with E-state index in [1.165, 1.54) is 0 Å². The van der Waals surface area contributed by atoms with Gasteiger partial charge in [-0.3, -0.25) is 4.98 Å². The van der Waals surface area contributed by atoms with Crippen molar-refractivity contribution < 1.29 is 39.1 Å². The number of amides is 2. The van der Waals surface area contributed by atoms with Gasteiger partial charge in [0.25, 0.3) is 0 Å². The molecule has 3 rings (SSSR count). The predicted molar refractivity (Wildman–Crippen MR) is 186 cm³/mol. The summed E-state index contributed by atoms with van der Waals surface area (Å²) in [6, 6.07) is 20.4. The van der Waals surface area contributed by atoms with Crippen LogP contribution in [0.2, 0.25) is 0 Å². The van der Waals surface area contributed by atoms with Crippen molar-refractivity contribution in [3.05, 3.63) is 95.8 Å². The highest BCUT2D eigenvalue weighted by molar-refractivity contribution is 5.68. The molecule has 2 aromatic carbocycles. The number of benzene rings is 2. The SMILES string of the molecule is CC(C)(C)OC(=O)N[C@@H](Cc1ccccc1)[C@H](O)CNC[C@@H](O)[C@H](Cc1ccc(OCC(O)c2ccccn2)cc1)NC(=O)OC(C)(C)C. The second-order valence-electron chi connectivity index (χ2n) is 13.9. The van der Waals surface area contributed by atoms with Crippen molar-refractivity contribution in [1.82, 2.24) is 20.9 Å². The van der Waals surface area contributed by atoms with Crippen LogP contribution in [0.5, 0.6) is 5.75 Å². The zero-order valence-corrected chi connectivity index (χ0v) is 29.3. The number of nitrogens with one attached hydrogen (secondary N) is 3. The van der Waals surface area contributed by atoms with Gasteiger partial charge < -0.3 is 45.5 Å². The Balaban J connectivity index is 1.62. The number of hydrogen-bond acceptors (Lipinski definition) is 10. The Hall–Kier alpha value is -4.23. The first-order chi connectivity index (χ1) is 23.1. The number of alkyl carbamates (subject to hydrolysis) is 2. The second-order valence-corrected chi connectivity index (χ2v) is 13.9. The summed E-state index contributed by atoms with van der Waals surface area (Å²) in [7, 11) is 0. The Morgan fingerprint density at radius 1 is 0.694 bits per heavy atom. The summed E-state index contributed by atoms with van der Waals surface area (Å²) in [5.74, 6) is 0.539. The smallest absolute Gasteiger partial charge is 0.407 e. The molecule has 0 aliphatic heterocycles. The maximum atomic E-state index is 12.7. The quantitative estimate of drug-likeness (QED) is 0.130. The van der Waals surface area contributed by atoms with E-state index in [1.807, 2.05) is 42.5 Å². The van der Waals surface area contributed by atoms with Crippen LogP contribution in [0.25, 0.3) is 0 Å². The molecule has 0 aliphatic carbocycles. The minimum absolute atomic E-state index is 0.0224. The van der Waals surface area contributed by atoms with Gasteiger partial charge in [0, 0.05) is 19.3 Å². The van der Waals surface area contributed by atoms with E-state index in [1.54, 1.807) is 78.1 Å². The Morgan fingerprint density at radius 3 is 1.65 bits per heavy atom. The van der Waals surface area contributed by atoms with E-state index in [9.17, 15) is 24.9 Å². The number of carbonyl (C=O) groups excluding carboxylic acids is 2. The highest BCUT2D eigenvalue weighted by Gasteiger charge is 2.28. The van der Waals surface area contributed by atoms with Gasteiger partial charge in [0.2, 0.25) is 0 Å². The van der Waals surface area contributed by atoms with Crippen LogP contribution in [-0.2, 0) is 22.3 Å². The average Bonchev–Trinajstić information content (AvgIpc) is 3.02. The van der Waals surface area contributed by atoms with E-state index < -0.39 is 53.8 Å². The van der Waals surface area contributed by atoms with Crippen LogP contribution in [0, 0.1) is 0 Å².